The van der Waals surface area contributed by atoms with Crippen LogP contribution in [0.4, 0.5) is 0 Å². The summed E-state index contributed by atoms with van der Waals surface area (Å²) in [5.41, 5.74) is 0.621. The van der Waals surface area contributed by atoms with Gasteiger partial charge in [0, 0.05) is 19.1 Å². The van der Waals surface area contributed by atoms with Crippen molar-refractivity contribution in [2.75, 3.05) is 13.2 Å². The second-order valence-corrected chi connectivity index (χ2v) is 3.87. The number of H-pyrrole nitrogens is 1. The smallest absolute Gasteiger partial charge is 0.357 e. The van der Waals surface area contributed by atoms with Gasteiger partial charge in [-0.1, -0.05) is 11.6 Å². The van der Waals surface area contributed by atoms with Crippen molar-refractivity contribution >= 4 is 17.6 Å². The number of ether oxygens (including phenoxy) is 1. The Morgan fingerprint density at radius 2 is 2.20 bits per heavy atom. The molecule has 6 heteroatoms. The van der Waals surface area contributed by atoms with Gasteiger partial charge < -0.3 is 9.84 Å². The second kappa shape index (κ2) is 4.20. The first-order chi connectivity index (χ1) is 7.20. The Bertz CT molecular complexity index is 371. The van der Waals surface area contributed by atoms with Crippen LogP contribution in [-0.4, -0.2) is 34.5 Å². The van der Waals surface area contributed by atoms with Crippen molar-refractivity contribution in [3.05, 3.63) is 16.4 Å². The van der Waals surface area contributed by atoms with Crippen LogP contribution in [0.2, 0.25) is 5.02 Å². The molecular formula is C9H11ClN2O3. The lowest BCUT2D eigenvalue weighted by Crippen LogP contribution is -2.14. The van der Waals surface area contributed by atoms with E-state index in [0.29, 0.717) is 13.2 Å². The summed E-state index contributed by atoms with van der Waals surface area (Å²) in [5.74, 6) is -0.874. The van der Waals surface area contributed by atoms with Gasteiger partial charge in [0.15, 0.2) is 5.69 Å². The molecule has 0 bridgehead atoms. The fourth-order valence-corrected chi connectivity index (χ4v) is 2.06. The van der Waals surface area contributed by atoms with Crippen LogP contribution in [0.25, 0.3) is 0 Å². The number of rotatable bonds is 2. The molecule has 1 fully saturated rings. The number of aromatic carboxylic acids is 1. The average Bonchev–Trinajstić information content (AvgIpc) is 2.61. The summed E-state index contributed by atoms with van der Waals surface area (Å²) in [6, 6.07) is 0. The molecule has 1 aliphatic rings. The summed E-state index contributed by atoms with van der Waals surface area (Å²) in [7, 11) is 0. The number of halogens is 1. The molecule has 2 heterocycles. The normalized spacial score (nSPS) is 17.9. The monoisotopic (exact) mass is 230 g/mol. The summed E-state index contributed by atoms with van der Waals surface area (Å²) in [6.07, 6.45) is 1.70. The Morgan fingerprint density at radius 1 is 1.53 bits per heavy atom. The number of carboxylic acid groups (broad SMARTS) is 1. The molecule has 2 N–H and O–H groups in total. The Balaban J connectivity index is 2.24. The highest BCUT2D eigenvalue weighted by Gasteiger charge is 2.24. The summed E-state index contributed by atoms with van der Waals surface area (Å²) >= 11 is 5.94. The SMILES string of the molecule is O=C(O)c1n[nH]c(C2CCOCC2)c1Cl. The third-order valence-electron chi connectivity index (χ3n) is 2.56. The van der Waals surface area contributed by atoms with Crippen LogP contribution in [0.1, 0.15) is 34.9 Å². The Hall–Kier alpha value is -1.07. The molecule has 2 rings (SSSR count). The van der Waals surface area contributed by atoms with Crippen molar-refractivity contribution < 1.29 is 14.6 Å². The fourth-order valence-electron chi connectivity index (χ4n) is 1.74. The van der Waals surface area contributed by atoms with E-state index in [1.807, 2.05) is 0 Å². The summed E-state index contributed by atoms with van der Waals surface area (Å²) in [4.78, 5) is 10.7. The summed E-state index contributed by atoms with van der Waals surface area (Å²) in [6.45, 7) is 1.37. The van der Waals surface area contributed by atoms with Gasteiger partial charge in [-0.25, -0.2) is 4.79 Å². The molecule has 0 spiro atoms. The molecular weight excluding hydrogens is 220 g/mol. The summed E-state index contributed by atoms with van der Waals surface area (Å²) < 4.78 is 5.22. The largest absolute Gasteiger partial charge is 0.476 e. The molecule has 0 radical (unpaired) electrons. The molecule has 15 heavy (non-hydrogen) atoms. The lowest BCUT2D eigenvalue weighted by Gasteiger charge is -2.20. The van der Waals surface area contributed by atoms with Crippen molar-refractivity contribution in [3.8, 4) is 0 Å². The Kier molecular flexibility index (Phi) is 2.93. The first kappa shape index (κ1) is 10.4. The van der Waals surface area contributed by atoms with Crippen LogP contribution in [0.3, 0.4) is 0 Å². The minimum Gasteiger partial charge on any atom is -0.476 e. The van der Waals surface area contributed by atoms with Gasteiger partial charge in [-0.2, -0.15) is 5.10 Å². The quantitative estimate of drug-likeness (QED) is 0.810. The van der Waals surface area contributed by atoms with Crippen LogP contribution in [0.15, 0.2) is 0 Å². The van der Waals surface area contributed by atoms with Crippen LogP contribution < -0.4 is 0 Å². The third kappa shape index (κ3) is 1.98. The van der Waals surface area contributed by atoms with Crippen molar-refractivity contribution in [2.24, 2.45) is 0 Å². The van der Waals surface area contributed by atoms with Crippen LogP contribution >= 0.6 is 11.6 Å². The number of aromatic amines is 1. The molecule has 0 saturated carbocycles. The zero-order chi connectivity index (χ0) is 10.8. The van der Waals surface area contributed by atoms with Gasteiger partial charge in [0.2, 0.25) is 0 Å². The highest BCUT2D eigenvalue weighted by Crippen LogP contribution is 2.31. The molecule has 82 valence electrons. The van der Waals surface area contributed by atoms with Crippen LogP contribution in [0.5, 0.6) is 0 Å². The number of carboxylic acids is 1. The van der Waals surface area contributed by atoms with Crippen molar-refractivity contribution in [1.82, 2.24) is 10.2 Å². The molecule has 0 unspecified atom stereocenters. The molecule has 0 aromatic carbocycles. The molecule has 0 atom stereocenters. The molecule has 1 saturated heterocycles. The van der Waals surface area contributed by atoms with Crippen molar-refractivity contribution in [1.29, 1.82) is 0 Å². The highest BCUT2D eigenvalue weighted by atomic mass is 35.5. The van der Waals surface area contributed by atoms with Gasteiger partial charge in [0.1, 0.15) is 0 Å². The average molecular weight is 231 g/mol. The van der Waals surface area contributed by atoms with E-state index in [4.69, 9.17) is 21.4 Å². The predicted octanol–water partition coefficient (Wildman–Crippen LogP) is 1.66. The lowest BCUT2D eigenvalue weighted by atomic mass is 9.96. The summed E-state index contributed by atoms with van der Waals surface area (Å²) in [5, 5.41) is 15.4. The molecule has 1 aliphatic heterocycles. The topological polar surface area (TPSA) is 75.2 Å². The minimum absolute atomic E-state index is 0.0989. The van der Waals surface area contributed by atoms with E-state index in [9.17, 15) is 4.79 Å². The Labute approximate surface area is 91.4 Å². The van der Waals surface area contributed by atoms with E-state index in [-0.39, 0.29) is 16.6 Å². The standard InChI is InChI=1S/C9H11ClN2O3/c10-6-7(5-1-3-15-4-2-5)11-12-8(6)9(13)14/h5H,1-4H2,(H,11,12)(H,13,14). The van der Waals surface area contributed by atoms with Gasteiger partial charge in [0.25, 0.3) is 0 Å². The van der Waals surface area contributed by atoms with Gasteiger partial charge in [-0.05, 0) is 12.8 Å². The first-order valence-electron chi connectivity index (χ1n) is 4.75. The zero-order valence-electron chi connectivity index (χ0n) is 7.99. The van der Waals surface area contributed by atoms with Gasteiger partial charge >= 0.3 is 5.97 Å². The van der Waals surface area contributed by atoms with Gasteiger partial charge in [-0.15, -0.1) is 0 Å². The highest BCUT2D eigenvalue weighted by molar-refractivity contribution is 6.33. The van der Waals surface area contributed by atoms with Gasteiger partial charge in [-0.3, -0.25) is 5.10 Å². The number of hydrogen-bond acceptors (Lipinski definition) is 3. The number of aromatic nitrogens is 2. The third-order valence-corrected chi connectivity index (χ3v) is 2.95. The molecule has 1 aromatic heterocycles. The Morgan fingerprint density at radius 3 is 2.73 bits per heavy atom. The van der Waals surface area contributed by atoms with E-state index in [2.05, 4.69) is 10.2 Å². The van der Waals surface area contributed by atoms with Crippen LogP contribution in [-0.2, 0) is 4.74 Å². The maximum Gasteiger partial charge on any atom is 0.357 e. The molecule has 0 amide bonds. The van der Waals surface area contributed by atoms with E-state index in [0.717, 1.165) is 18.5 Å². The number of carbonyl (C=O) groups is 1. The lowest BCUT2D eigenvalue weighted by molar-refractivity contribution is 0.0690. The van der Waals surface area contributed by atoms with E-state index >= 15 is 0 Å². The maximum absolute atomic E-state index is 10.7. The predicted molar refractivity (Wildman–Crippen MR) is 53.4 cm³/mol. The number of nitrogens with one attached hydrogen (secondary N) is 1. The first-order valence-corrected chi connectivity index (χ1v) is 5.12. The van der Waals surface area contributed by atoms with E-state index in [1.165, 1.54) is 0 Å². The van der Waals surface area contributed by atoms with E-state index in [1.54, 1.807) is 0 Å². The minimum atomic E-state index is -1.10. The second-order valence-electron chi connectivity index (χ2n) is 3.49. The fraction of sp³-hybridized carbons (Fsp3) is 0.556. The number of nitrogens with zero attached hydrogens (tertiary/aromatic N) is 1. The molecule has 1 aromatic rings. The zero-order valence-corrected chi connectivity index (χ0v) is 8.75. The van der Waals surface area contributed by atoms with E-state index < -0.39 is 5.97 Å². The van der Waals surface area contributed by atoms with Crippen molar-refractivity contribution in [3.63, 3.8) is 0 Å². The molecule has 5 nitrogen and oxygen atoms in total. The number of hydrogen-bond donors (Lipinski definition) is 2. The maximum atomic E-state index is 10.7. The van der Waals surface area contributed by atoms with Gasteiger partial charge in [0.05, 0.1) is 10.7 Å². The molecule has 0 aliphatic carbocycles. The van der Waals surface area contributed by atoms with Crippen molar-refractivity contribution in [2.45, 2.75) is 18.8 Å². The van der Waals surface area contributed by atoms with Crippen LogP contribution in [0, 0.1) is 0 Å².